The van der Waals surface area contributed by atoms with Crippen LogP contribution >= 0.6 is 23.4 Å². The fourth-order valence-electron chi connectivity index (χ4n) is 2.44. The van der Waals surface area contributed by atoms with E-state index in [1.165, 1.54) is 17.8 Å². The third kappa shape index (κ3) is 5.11. The molecule has 0 aliphatic carbocycles. The zero-order valence-corrected chi connectivity index (χ0v) is 15.9. The maximum Gasteiger partial charge on any atom is 0.417 e. The molecule has 1 amide bonds. The van der Waals surface area contributed by atoms with Crippen LogP contribution < -0.4 is 5.32 Å². The predicted molar refractivity (Wildman–Crippen MR) is 96.7 cm³/mol. The lowest BCUT2D eigenvalue weighted by atomic mass is 10.1. The van der Waals surface area contributed by atoms with E-state index in [1.807, 2.05) is 20.1 Å². The third-order valence-electron chi connectivity index (χ3n) is 3.74. The summed E-state index contributed by atoms with van der Waals surface area (Å²) in [6.07, 6.45) is -2.20. The molecule has 0 saturated carbocycles. The molecule has 9 heteroatoms. The molecule has 0 saturated heterocycles. The maximum absolute atomic E-state index is 12.9. The second-order valence-corrected chi connectivity index (χ2v) is 6.78. The molecule has 2 rings (SSSR count). The van der Waals surface area contributed by atoms with E-state index in [-0.39, 0.29) is 12.1 Å². The summed E-state index contributed by atoms with van der Waals surface area (Å²) in [5.41, 5.74) is 1.52. The molecular formula is C17H17ClF3N3OS. The molecule has 0 bridgehead atoms. The lowest BCUT2D eigenvalue weighted by Crippen LogP contribution is -2.15. The minimum Gasteiger partial charge on any atom is -0.326 e. The Morgan fingerprint density at radius 2 is 1.85 bits per heavy atom. The van der Waals surface area contributed by atoms with Crippen molar-refractivity contribution < 1.29 is 18.0 Å². The first-order chi connectivity index (χ1) is 12.1. The number of nitrogens with one attached hydrogen (secondary N) is 1. The highest BCUT2D eigenvalue weighted by atomic mass is 35.5. The molecule has 1 N–H and O–H groups in total. The van der Waals surface area contributed by atoms with E-state index in [0.29, 0.717) is 11.6 Å². The van der Waals surface area contributed by atoms with E-state index in [4.69, 9.17) is 11.6 Å². The molecule has 1 heterocycles. The molecule has 0 fully saturated rings. The summed E-state index contributed by atoms with van der Waals surface area (Å²) in [6, 6.07) is 3.28. The fourth-order valence-corrected chi connectivity index (χ4v) is 3.13. The van der Waals surface area contributed by atoms with Crippen molar-refractivity contribution in [2.24, 2.45) is 0 Å². The quantitative estimate of drug-likeness (QED) is 0.560. The van der Waals surface area contributed by atoms with Gasteiger partial charge in [-0.3, -0.25) is 4.79 Å². The number of amides is 1. The number of aromatic nitrogens is 2. The molecule has 2 aromatic rings. The Labute approximate surface area is 158 Å². The molecule has 0 radical (unpaired) electrons. The van der Waals surface area contributed by atoms with Crippen LogP contribution in [-0.2, 0) is 17.4 Å². The highest BCUT2D eigenvalue weighted by Gasteiger charge is 2.33. The highest BCUT2D eigenvalue weighted by Crippen LogP contribution is 2.36. The number of carbonyl (C=O) groups excluding carboxylic acids is 1. The normalized spacial score (nSPS) is 11.5. The Bertz CT molecular complexity index is 804. The van der Waals surface area contributed by atoms with Gasteiger partial charge in [0.25, 0.3) is 0 Å². The topological polar surface area (TPSA) is 54.9 Å². The van der Waals surface area contributed by atoms with Crippen molar-refractivity contribution >= 4 is 35.0 Å². The summed E-state index contributed by atoms with van der Waals surface area (Å²) in [4.78, 5) is 20.8. The first-order valence-electron chi connectivity index (χ1n) is 7.66. The van der Waals surface area contributed by atoms with E-state index in [0.717, 1.165) is 29.1 Å². The number of nitrogens with zero attached hydrogens (tertiary/aromatic N) is 2. The monoisotopic (exact) mass is 403 g/mol. The van der Waals surface area contributed by atoms with Crippen LogP contribution in [0.4, 0.5) is 18.9 Å². The van der Waals surface area contributed by atoms with Gasteiger partial charge < -0.3 is 5.32 Å². The van der Waals surface area contributed by atoms with Gasteiger partial charge in [-0.05, 0) is 50.3 Å². The van der Waals surface area contributed by atoms with Crippen molar-refractivity contribution in [2.75, 3.05) is 11.6 Å². The summed E-state index contributed by atoms with van der Waals surface area (Å²) in [5, 5.41) is 2.72. The average Bonchev–Trinajstić information content (AvgIpc) is 2.54. The molecule has 0 atom stereocenters. The van der Waals surface area contributed by atoms with Crippen molar-refractivity contribution in [3.8, 4) is 0 Å². The van der Waals surface area contributed by atoms with Gasteiger partial charge in [0.05, 0.1) is 10.6 Å². The van der Waals surface area contributed by atoms with Crippen molar-refractivity contribution in [3.63, 3.8) is 0 Å². The Kier molecular flexibility index (Phi) is 6.52. The smallest absolute Gasteiger partial charge is 0.326 e. The van der Waals surface area contributed by atoms with E-state index in [1.54, 1.807) is 0 Å². The summed E-state index contributed by atoms with van der Waals surface area (Å²) in [6.45, 7) is 3.69. The van der Waals surface area contributed by atoms with Crippen LogP contribution in [0, 0.1) is 13.8 Å². The predicted octanol–water partition coefficient (Wildman–Crippen LogP) is 5.06. The number of rotatable bonds is 5. The van der Waals surface area contributed by atoms with Gasteiger partial charge in [-0.25, -0.2) is 9.97 Å². The standard InChI is InChI=1S/C17H17ClF3N3OS/c1-9-12(10(2)23-16(22-9)26-3)5-7-15(25)24-11-4-6-14(18)13(8-11)17(19,20)21/h4,6,8H,5,7H2,1-3H3,(H,24,25). The largest absolute Gasteiger partial charge is 0.417 e. The molecule has 1 aromatic carbocycles. The Morgan fingerprint density at radius 1 is 1.23 bits per heavy atom. The van der Waals surface area contributed by atoms with Crippen LogP contribution in [0.15, 0.2) is 23.4 Å². The van der Waals surface area contributed by atoms with Crippen LogP contribution in [0.25, 0.3) is 0 Å². The summed E-state index contributed by atoms with van der Waals surface area (Å²) in [5.74, 6) is -0.395. The molecule has 140 valence electrons. The van der Waals surface area contributed by atoms with Gasteiger partial charge in [-0.2, -0.15) is 13.2 Å². The van der Waals surface area contributed by atoms with E-state index < -0.39 is 22.7 Å². The second-order valence-electron chi connectivity index (χ2n) is 5.60. The fraction of sp³-hybridized carbons (Fsp3) is 0.353. The number of hydrogen-bond acceptors (Lipinski definition) is 4. The Hall–Kier alpha value is -1.80. The van der Waals surface area contributed by atoms with E-state index in [2.05, 4.69) is 15.3 Å². The number of carbonyl (C=O) groups is 1. The molecule has 26 heavy (non-hydrogen) atoms. The first kappa shape index (κ1) is 20.5. The molecule has 1 aromatic heterocycles. The third-order valence-corrected chi connectivity index (χ3v) is 4.62. The van der Waals surface area contributed by atoms with Gasteiger partial charge >= 0.3 is 6.18 Å². The van der Waals surface area contributed by atoms with Gasteiger partial charge in [-0.15, -0.1) is 0 Å². The summed E-state index contributed by atoms with van der Waals surface area (Å²) in [7, 11) is 0. The zero-order chi connectivity index (χ0) is 19.5. The maximum atomic E-state index is 12.9. The summed E-state index contributed by atoms with van der Waals surface area (Å²) >= 11 is 7.00. The van der Waals surface area contributed by atoms with E-state index in [9.17, 15) is 18.0 Å². The molecule has 4 nitrogen and oxygen atoms in total. The second kappa shape index (κ2) is 8.26. The van der Waals surface area contributed by atoms with Gasteiger partial charge in [-0.1, -0.05) is 23.4 Å². The first-order valence-corrected chi connectivity index (χ1v) is 9.26. The number of anilines is 1. The molecule has 0 aliphatic heterocycles. The van der Waals surface area contributed by atoms with Crippen LogP contribution in [0.2, 0.25) is 5.02 Å². The van der Waals surface area contributed by atoms with Crippen molar-refractivity contribution in [3.05, 3.63) is 45.7 Å². The highest BCUT2D eigenvalue weighted by molar-refractivity contribution is 7.98. The molecule has 0 spiro atoms. The Balaban J connectivity index is 2.06. The minimum absolute atomic E-state index is 0.0501. The van der Waals surface area contributed by atoms with Crippen molar-refractivity contribution in [2.45, 2.75) is 38.0 Å². The lowest BCUT2D eigenvalue weighted by Gasteiger charge is -2.12. The van der Waals surface area contributed by atoms with E-state index >= 15 is 0 Å². The zero-order valence-electron chi connectivity index (χ0n) is 14.4. The Morgan fingerprint density at radius 3 is 2.38 bits per heavy atom. The van der Waals surface area contributed by atoms with Gasteiger partial charge in [0.15, 0.2) is 5.16 Å². The van der Waals surface area contributed by atoms with Gasteiger partial charge in [0, 0.05) is 23.5 Å². The van der Waals surface area contributed by atoms with Crippen LogP contribution in [0.1, 0.15) is 28.9 Å². The molecule has 0 unspecified atom stereocenters. The SMILES string of the molecule is CSc1nc(C)c(CCC(=O)Nc2ccc(Cl)c(C(F)(F)F)c2)c(C)n1. The number of thioether (sulfide) groups is 1. The number of hydrogen-bond donors (Lipinski definition) is 1. The number of alkyl halides is 3. The average molecular weight is 404 g/mol. The van der Waals surface area contributed by atoms with Crippen LogP contribution in [0.3, 0.4) is 0 Å². The number of aryl methyl sites for hydroxylation is 2. The van der Waals surface area contributed by atoms with Gasteiger partial charge in [0.1, 0.15) is 0 Å². The number of benzene rings is 1. The molecule has 0 aliphatic rings. The minimum atomic E-state index is -4.58. The van der Waals surface area contributed by atoms with Crippen molar-refractivity contribution in [1.29, 1.82) is 0 Å². The van der Waals surface area contributed by atoms with Crippen LogP contribution in [-0.4, -0.2) is 22.1 Å². The number of halogens is 4. The lowest BCUT2D eigenvalue weighted by molar-refractivity contribution is -0.137. The van der Waals surface area contributed by atoms with Gasteiger partial charge in [0.2, 0.25) is 5.91 Å². The van der Waals surface area contributed by atoms with Crippen LogP contribution in [0.5, 0.6) is 0 Å². The molecular weight excluding hydrogens is 387 g/mol. The van der Waals surface area contributed by atoms with Crippen molar-refractivity contribution in [1.82, 2.24) is 9.97 Å². The summed E-state index contributed by atoms with van der Waals surface area (Å²) < 4.78 is 38.6.